The molecule has 1 aromatic heterocycles. The van der Waals surface area contributed by atoms with Gasteiger partial charge in [-0.3, -0.25) is 4.65 Å². The molecule has 3 heterocycles. The van der Waals surface area contributed by atoms with Crippen molar-refractivity contribution in [3.05, 3.63) is 10.2 Å². The van der Waals surface area contributed by atoms with Crippen molar-refractivity contribution in [2.24, 2.45) is 0 Å². The fourth-order valence-electron chi connectivity index (χ4n) is 3.69. The largest absolute Gasteiger partial charge is 0.623 e. The maximum atomic E-state index is 13.8. The highest BCUT2D eigenvalue weighted by Gasteiger charge is 2.46. The Kier molecular flexibility index (Phi) is 6.76. The first kappa shape index (κ1) is 19.1. The van der Waals surface area contributed by atoms with E-state index < -0.39 is 0 Å². The standard InChI is InChI=1S/C17H31N5O2S/c1-3-5-6-7-8-15-18-19-17(25-15)22(23)14-20(4-2)13-16(22)21-9-11-24-12-10-21/h16H,3-14H2,1-2H3. The van der Waals surface area contributed by atoms with Gasteiger partial charge in [-0.1, -0.05) is 38.2 Å². The normalized spacial score (nSPS) is 28.7. The molecule has 2 aliphatic heterocycles. The predicted molar refractivity (Wildman–Crippen MR) is 101 cm³/mol. The van der Waals surface area contributed by atoms with Crippen LogP contribution in [0, 0.1) is 5.21 Å². The first-order valence-corrected chi connectivity index (χ1v) is 10.4. The quantitative estimate of drug-likeness (QED) is 0.398. The summed E-state index contributed by atoms with van der Waals surface area (Å²) in [5, 5.41) is 24.1. The van der Waals surface area contributed by atoms with Crippen LogP contribution in [-0.2, 0) is 11.2 Å². The molecule has 0 radical (unpaired) electrons. The van der Waals surface area contributed by atoms with Crippen LogP contribution in [0.2, 0.25) is 0 Å². The number of hydroxylamine groups is 2. The van der Waals surface area contributed by atoms with E-state index in [9.17, 15) is 5.21 Å². The van der Waals surface area contributed by atoms with Gasteiger partial charge in [-0.05, 0) is 17.8 Å². The second kappa shape index (κ2) is 8.83. The van der Waals surface area contributed by atoms with Crippen LogP contribution < -0.4 is 4.65 Å². The summed E-state index contributed by atoms with van der Waals surface area (Å²) in [4.78, 5) is 4.52. The summed E-state index contributed by atoms with van der Waals surface area (Å²) in [6, 6.07) is 0. The monoisotopic (exact) mass is 369 g/mol. The van der Waals surface area contributed by atoms with Crippen LogP contribution in [0.25, 0.3) is 0 Å². The SMILES string of the molecule is CCCCCCc1nnc([N+]2([O-])CN(CC)CC2N2CCOCC2)s1. The number of hydrogen-bond donors (Lipinski definition) is 0. The number of hydrogen-bond acceptors (Lipinski definition) is 7. The van der Waals surface area contributed by atoms with Gasteiger partial charge in [0.15, 0.2) is 6.17 Å². The predicted octanol–water partition coefficient (Wildman–Crippen LogP) is 2.42. The van der Waals surface area contributed by atoms with Crippen LogP contribution in [0.3, 0.4) is 0 Å². The van der Waals surface area contributed by atoms with E-state index in [0.29, 0.717) is 25.0 Å². The number of nitrogens with zero attached hydrogens (tertiary/aromatic N) is 5. The van der Waals surface area contributed by atoms with Crippen molar-refractivity contribution in [2.75, 3.05) is 46.1 Å². The Morgan fingerprint density at radius 2 is 2.00 bits per heavy atom. The van der Waals surface area contributed by atoms with E-state index in [-0.39, 0.29) is 10.8 Å². The van der Waals surface area contributed by atoms with Crippen LogP contribution in [0.15, 0.2) is 0 Å². The maximum absolute atomic E-state index is 13.8. The molecular weight excluding hydrogens is 338 g/mol. The lowest BCUT2D eigenvalue weighted by Gasteiger charge is -2.45. The molecule has 2 saturated heterocycles. The molecule has 25 heavy (non-hydrogen) atoms. The smallest absolute Gasteiger partial charge is 0.309 e. The van der Waals surface area contributed by atoms with Crippen molar-refractivity contribution in [3.8, 4) is 0 Å². The van der Waals surface area contributed by atoms with Crippen molar-refractivity contribution >= 4 is 16.5 Å². The third-order valence-electron chi connectivity index (χ3n) is 5.25. The number of quaternary nitrogens is 1. The third kappa shape index (κ3) is 4.37. The van der Waals surface area contributed by atoms with Crippen molar-refractivity contribution in [1.82, 2.24) is 24.6 Å². The van der Waals surface area contributed by atoms with Crippen molar-refractivity contribution in [2.45, 2.75) is 52.1 Å². The molecule has 2 fully saturated rings. The lowest BCUT2D eigenvalue weighted by atomic mass is 10.2. The molecule has 0 aliphatic carbocycles. The minimum atomic E-state index is -0.375. The van der Waals surface area contributed by atoms with Crippen LogP contribution in [-0.4, -0.2) is 72.2 Å². The number of aryl methyl sites for hydroxylation is 1. The zero-order chi connectivity index (χ0) is 17.7. The average molecular weight is 370 g/mol. The van der Waals surface area contributed by atoms with Gasteiger partial charge in [0.2, 0.25) is 0 Å². The Bertz CT molecular complexity index is 537. The molecule has 0 amide bonds. The van der Waals surface area contributed by atoms with Crippen molar-refractivity contribution < 1.29 is 4.74 Å². The zero-order valence-corrected chi connectivity index (χ0v) is 16.3. The van der Waals surface area contributed by atoms with E-state index in [0.717, 1.165) is 44.0 Å². The summed E-state index contributed by atoms with van der Waals surface area (Å²) in [5.41, 5.74) is 0. The van der Waals surface area contributed by atoms with Gasteiger partial charge in [-0.2, -0.15) is 0 Å². The number of unbranched alkanes of at least 4 members (excludes halogenated alkanes) is 3. The molecule has 142 valence electrons. The molecule has 0 saturated carbocycles. The fraction of sp³-hybridized carbons (Fsp3) is 0.882. The van der Waals surface area contributed by atoms with Crippen LogP contribution in [0.5, 0.6) is 0 Å². The van der Waals surface area contributed by atoms with Crippen molar-refractivity contribution in [3.63, 3.8) is 0 Å². The highest BCUT2D eigenvalue weighted by molar-refractivity contribution is 7.15. The fourth-order valence-corrected chi connectivity index (χ4v) is 4.64. The Morgan fingerprint density at radius 1 is 1.20 bits per heavy atom. The molecular formula is C17H31N5O2S. The molecule has 3 rings (SSSR count). The lowest BCUT2D eigenvalue weighted by molar-refractivity contribution is -0.00415. The molecule has 0 aromatic carbocycles. The molecule has 2 unspecified atom stereocenters. The van der Waals surface area contributed by atoms with Crippen molar-refractivity contribution in [1.29, 1.82) is 0 Å². The maximum Gasteiger partial charge on any atom is 0.309 e. The van der Waals surface area contributed by atoms with Gasteiger partial charge in [-0.15, -0.1) is 5.10 Å². The minimum Gasteiger partial charge on any atom is -0.623 e. The highest BCUT2D eigenvalue weighted by Crippen LogP contribution is 2.35. The first-order valence-electron chi connectivity index (χ1n) is 9.63. The van der Waals surface area contributed by atoms with Gasteiger partial charge in [0.25, 0.3) is 0 Å². The van der Waals surface area contributed by atoms with E-state index >= 15 is 0 Å². The number of rotatable bonds is 8. The molecule has 0 N–H and O–H groups in total. The lowest BCUT2D eigenvalue weighted by Crippen LogP contribution is -2.59. The summed E-state index contributed by atoms with van der Waals surface area (Å²) in [5.74, 6) is 0. The van der Waals surface area contributed by atoms with E-state index in [1.165, 1.54) is 30.6 Å². The minimum absolute atomic E-state index is 0.0928. The van der Waals surface area contributed by atoms with E-state index in [4.69, 9.17) is 4.74 Å². The van der Waals surface area contributed by atoms with Crippen LogP contribution in [0.4, 0.5) is 5.13 Å². The number of ether oxygens (including phenoxy) is 1. The summed E-state index contributed by atoms with van der Waals surface area (Å²) < 4.78 is 5.09. The Morgan fingerprint density at radius 3 is 2.72 bits per heavy atom. The van der Waals surface area contributed by atoms with E-state index in [1.807, 2.05) is 0 Å². The average Bonchev–Trinajstić information content (AvgIpc) is 3.25. The van der Waals surface area contributed by atoms with E-state index in [2.05, 4.69) is 33.8 Å². The topological polar surface area (TPSA) is 64.6 Å². The van der Waals surface area contributed by atoms with Gasteiger partial charge in [0.1, 0.15) is 11.7 Å². The van der Waals surface area contributed by atoms with Gasteiger partial charge in [0.05, 0.1) is 19.8 Å². The zero-order valence-electron chi connectivity index (χ0n) is 15.5. The summed E-state index contributed by atoms with van der Waals surface area (Å²) in [6.45, 7) is 9.57. The molecule has 7 nitrogen and oxygen atoms in total. The number of morpholine rings is 1. The number of aromatic nitrogens is 2. The Hall–Kier alpha value is -0.640. The third-order valence-corrected chi connectivity index (χ3v) is 6.35. The first-order chi connectivity index (χ1) is 12.2. The molecule has 2 aliphatic rings. The number of likely N-dealkylation sites (N-methyl/N-ethyl adjacent to an activating group) is 1. The molecule has 1 aromatic rings. The van der Waals surface area contributed by atoms with Gasteiger partial charge in [-0.25, -0.2) is 9.80 Å². The van der Waals surface area contributed by atoms with Crippen LogP contribution >= 0.6 is 11.3 Å². The Balaban J connectivity index is 1.71. The molecule has 2 atom stereocenters. The highest BCUT2D eigenvalue weighted by atomic mass is 32.1. The van der Waals surface area contributed by atoms with E-state index in [1.54, 1.807) is 0 Å². The van der Waals surface area contributed by atoms with Gasteiger partial charge in [0, 0.05) is 26.1 Å². The van der Waals surface area contributed by atoms with Gasteiger partial charge >= 0.3 is 5.13 Å². The van der Waals surface area contributed by atoms with Gasteiger partial charge < -0.3 is 9.94 Å². The molecule has 0 spiro atoms. The second-order valence-corrected chi connectivity index (χ2v) is 8.07. The van der Waals surface area contributed by atoms with Crippen LogP contribution in [0.1, 0.15) is 44.5 Å². The molecule has 0 bridgehead atoms. The Labute approximate surface area is 154 Å². The molecule has 8 heteroatoms. The summed E-state index contributed by atoms with van der Waals surface area (Å²) in [6.07, 6.45) is 5.70. The second-order valence-electron chi connectivity index (χ2n) is 7.02. The summed E-state index contributed by atoms with van der Waals surface area (Å²) in [7, 11) is 0. The summed E-state index contributed by atoms with van der Waals surface area (Å²) >= 11 is 1.52.